The molecule has 0 spiro atoms. The maximum atomic E-state index is 5.95. The van der Waals surface area contributed by atoms with Gasteiger partial charge in [-0.1, -0.05) is 18.1 Å². The van der Waals surface area contributed by atoms with Crippen molar-refractivity contribution in [2.75, 3.05) is 33.8 Å². The summed E-state index contributed by atoms with van der Waals surface area (Å²) in [6.45, 7) is 2.97. The maximum absolute atomic E-state index is 5.95. The SMILES string of the molecule is CNC(C1=CCCCCC1)C1CN(C)CCO1. The second-order valence-electron chi connectivity index (χ2n) is 5.32. The van der Waals surface area contributed by atoms with Gasteiger partial charge in [-0.3, -0.25) is 0 Å². The van der Waals surface area contributed by atoms with Gasteiger partial charge in [-0.05, 0) is 39.8 Å². The highest BCUT2D eigenvalue weighted by molar-refractivity contribution is 5.15. The lowest BCUT2D eigenvalue weighted by molar-refractivity contribution is -0.0316. The average Bonchev–Trinajstić information content (AvgIpc) is 2.59. The van der Waals surface area contributed by atoms with E-state index in [2.05, 4.69) is 30.4 Å². The lowest BCUT2D eigenvalue weighted by Gasteiger charge is -2.36. The minimum Gasteiger partial charge on any atom is -0.374 e. The van der Waals surface area contributed by atoms with Gasteiger partial charge in [-0.2, -0.15) is 0 Å². The number of nitrogens with one attached hydrogen (secondary N) is 1. The molecule has 0 aromatic heterocycles. The Morgan fingerprint density at radius 2 is 2.29 bits per heavy atom. The van der Waals surface area contributed by atoms with E-state index in [1.807, 2.05) is 0 Å². The molecular weight excluding hydrogens is 212 g/mol. The zero-order valence-electron chi connectivity index (χ0n) is 11.2. The number of hydrogen-bond acceptors (Lipinski definition) is 3. The topological polar surface area (TPSA) is 24.5 Å². The molecule has 2 rings (SSSR count). The molecule has 1 aliphatic carbocycles. The van der Waals surface area contributed by atoms with Crippen LogP contribution in [0.15, 0.2) is 11.6 Å². The summed E-state index contributed by atoms with van der Waals surface area (Å²) >= 11 is 0. The summed E-state index contributed by atoms with van der Waals surface area (Å²) in [6, 6.07) is 0.413. The third-order valence-electron chi connectivity index (χ3n) is 3.95. The second-order valence-corrected chi connectivity index (χ2v) is 5.32. The van der Waals surface area contributed by atoms with E-state index in [4.69, 9.17) is 4.74 Å². The zero-order chi connectivity index (χ0) is 12.1. The minimum absolute atomic E-state index is 0.322. The Hall–Kier alpha value is -0.380. The van der Waals surface area contributed by atoms with Crippen molar-refractivity contribution in [1.29, 1.82) is 0 Å². The summed E-state index contributed by atoms with van der Waals surface area (Å²) in [5.74, 6) is 0. The summed E-state index contributed by atoms with van der Waals surface area (Å²) in [6.07, 6.45) is 9.33. The van der Waals surface area contributed by atoms with E-state index in [9.17, 15) is 0 Å². The fourth-order valence-electron chi connectivity index (χ4n) is 2.95. The van der Waals surface area contributed by atoms with Crippen molar-refractivity contribution in [2.45, 2.75) is 44.2 Å². The van der Waals surface area contributed by atoms with Gasteiger partial charge in [0.05, 0.1) is 18.8 Å². The Labute approximate surface area is 105 Å². The molecule has 0 saturated carbocycles. The van der Waals surface area contributed by atoms with Gasteiger partial charge in [-0.15, -0.1) is 0 Å². The predicted octanol–water partition coefficient (Wildman–Crippen LogP) is 1.80. The normalized spacial score (nSPS) is 29.5. The standard InChI is InChI=1S/C14H26N2O/c1-15-14(12-7-5-3-4-6-8-12)13-11-16(2)9-10-17-13/h7,13-15H,3-6,8-11H2,1-2H3. The number of allylic oxidation sites excluding steroid dienone is 1. The molecule has 3 heteroatoms. The van der Waals surface area contributed by atoms with E-state index in [1.54, 1.807) is 5.57 Å². The van der Waals surface area contributed by atoms with Crippen LogP contribution in [0.2, 0.25) is 0 Å². The van der Waals surface area contributed by atoms with Gasteiger partial charge < -0.3 is 15.0 Å². The van der Waals surface area contributed by atoms with E-state index in [1.165, 1.54) is 32.1 Å². The van der Waals surface area contributed by atoms with Gasteiger partial charge >= 0.3 is 0 Å². The van der Waals surface area contributed by atoms with Crippen LogP contribution in [0, 0.1) is 0 Å². The molecule has 3 nitrogen and oxygen atoms in total. The van der Waals surface area contributed by atoms with Crippen LogP contribution in [0.25, 0.3) is 0 Å². The molecule has 1 fully saturated rings. The van der Waals surface area contributed by atoms with E-state index in [0.29, 0.717) is 12.1 Å². The van der Waals surface area contributed by atoms with Crippen LogP contribution in [-0.4, -0.2) is 50.8 Å². The number of ether oxygens (including phenoxy) is 1. The Balaban J connectivity index is 2.01. The molecule has 0 aromatic carbocycles. The van der Waals surface area contributed by atoms with Crippen LogP contribution in [0.1, 0.15) is 32.1 Å². The van der Waals surface area contributed by atoms with E-state index in [0.717, 1.165) is 19.7 Å². The Morgan fingerprint density at radius 3 is 3.06 bits per heavy atom. The van der Waals surface area contributed by atoms with Crippen molar-refractivity contribution >= 4 is 0 Å². The lowest BCUT2D eigenvalue weighted by Crippen LogP contribution is -2.51. The highest BCUT2D eigenvalue weighted by Crippen LogP contribution is 2.23. The predicted molar refractivity (Wildman–Crippen MR) is 71.3 cm³/mol. The maximum Gasteiger partial charge on any atom is 0.0893 e. The Kier molecular flexibility index (Phi) is 5.01. The van der Waals surface area contributed by atoms with Crippen LogP contribution in [0.3, 0.4) is 0 Å². The summed E-state index contributed by atoms with van der Waals surface area (Å²) in [5.41, 5.74) is 1.57. The highest BCUT2D eigenvalue weighted by atomic mass is 16.5. The molecule has 2 unspecified atom stereocenters. The number of likely N-dealkylation sites (N-methyl/N-ethyl adjacent to an activating group) is 2. The quantitative estimate of drug-likeness (QED) is 0.759. The van der Waals surface area contributed by atoms with Gasteiger partial charge in [0, 0.05) is 13.1 Å². The molecule has 2 aliphatic rings. The number of nitrogens with zero attached hydrogens (tertiary/aromatic N) is 1. The smallest absolute Gasteiger partial charge is 0.0893 e. The molecule has 0 bridgehead atoms. The van der Waals surface area contributed by atoms with Crippen LogP contribution < -0.4 is 5.32 Å². The number of rotatable bonds is 3. The van der Waals surface area contributed by atoms with E-state index < -0.39 is 0 Å². The first-order valence-electron chi connectivity index (χ1n) is 6.97. The molecular formula is C14H26N2O. The van der Waals surface area contributed by atoms with Crippen molar-refractivity contribution in [3.63, 3.8) is 0 Å². The van der Waals surface area contributed by atoms with Crippen molar-refractivity contribution < 1.29 is 4.74 Å². The Morgan fingerprint density at radius 1 is 1.41 bits per heavy atom. The molecule has 1 saturated heterocycles. The number of hydrogen-bond donors (Lipinski definition) is 1. The lowest BCUT2D eigenvalue weighted by atomic mass is 9.96. The fraction of sp³-hybridized carbons (Fsp3) is 0.857. The van der Waals surface area contributed by atoms with Gasteiger partial charge in [0.15, 0.2) is 0 Å². The molecule has 1 aliphatic heterocycles. The summed E-state index contributed by atoms with van der Waals surface area (Å²) in [5, 5.41) is 3.47. The van der Waals surface area contributed by atoms with Gasteiger partial charge in [0.2, 0.25) is 0 Å². The molecule has 0 radical (unpaired) electrons. The second kappa shape index (κ2) is 6.53. The van der Waals surface area contributed by atoms with Gasteiger partial charge in [0.25, 0.3) is 0 Å². The third kappa shape index (κ3) is 3.54. The Bertz CT molecular complexity index is 265. The molecule has 0 aromatic rings. The van der Waals surface area contributed by atoms with Gasteiger partial charge in [-0.25, -0.2) is 0 Å². The molecule has 17 heavy (non-hydrogen) atoms. The van der Waals surface area contributed by atoms with Crippen LogP contribution in [-0.2, 0) is 4.74 Å². The molecule has 98 valence electrons. The first-order chi connectivity index (χ1) is 8.31. The van der Waals surface area contributed by atoms with Crippen molar-refractivity contribution in [3.05, 3.63) is 11.6 Å². The van der Waals surface area contributed by atoms with E-state index >= 15 is 0 Å². The molecule has 1 N–H and O–H groups in total. The molecule has 1 heterocycles. The number of morpholine rings is 1. The van der Waals surface area contributed by atoms with Gasteiger partial charge in [0.1, 0.15) is 0 Å². The monoisotopic (exact) mass is 238 g/mol. The summed E-state index contributed by atoms with van der Waals surface area (Å²) in [4.78, 5) is 2.37. The van der Waals surface area contributed by atoms with Crippen molar-refractivity contribution in [2.24, 2.45) is 0 Å². The molecule has 0 amide bonds. The summed E-state index contributed by atoms with van der Waals surface area (Å²) < 4.78 is 5.95. The first-order valence-corrected chi connectivity index (χ1v) is 6.97. The van der Waals surface area contributed by atoms with Crippen LogP contribution in [0.4, 0.5) is 0 Å². The summed E-state index contributed by atoms with van der Waals surface area (Å²) in [7, 11) is 4.25. The third-order valence-corrected chi connectivity index (χ3v) is 3.95. The van der Waals surface area contributed by atoms with Crippen LogP contribution >= 0.6 is 0 Å². The average molecular weight is 238 g/mol. The largest absolute Gasteiger partial charge is 0.374 e. The molecule has 2 atom stereocenters. The zero-order valence-corrected chi connectivity index (χ0v) is 11.2. The minimum atomic E-state index is 0.322. The van der Waals surface area contributed by atoms with Crippen molar-refractivity contribution in [1.82, 2.24) is 10.2 Å². The van der Waals surface area contributed by atoms with Crippen molar-refractivity contribution in [3.8, 4) is 0 Å². The van der Waals surface area contributed by atoms with E-state index in [-0.39, 0.29) is 0 Å². The first kappa shape index (κ1) is 13.1. The highest BCUT2D eigenvalue weighted by Gasteiger charge is 2.28. The van der Waals surface area contributed by atoms with Crippen LogP contribution in [0.5, 0.6) is 0 Å². The fourth-order valence-corrected chi connectivity index (χ4v) is 2.95.